The molecule has 22 heavy (non-hydrogen) atoms. The summed E-state index contributed by atoms with van der Waals surface area (Å²) < 4.78 is 20.8. The summed E-state index contributed by atoms with van der Waals surface area (Å²) in [6, 6.07) is 9.99. The Bertz CT molecular complexity index is 801. The van der Waals surface area contributed by atoms with E-state index in [4.69, 9.17) is 9.84 Å². The maximum Gasteiger partial charge on any atom is 0.136 e. The van der Waals surface area contributed by atoms with E-state index >= 15 is 0 Å². The number of aliphatic hydroxyl groups is 1. The van der Waals surface area contributed by atoms with E-state index in [-0.39, 0.29) is 12.4 Å². The van der Waals surface area contributed by atoms with Gasteiger partial charge in [-0.2, -0.15) is 5.10 Å². The second kappa shape index (κ2) is 6.13. The number of rotatable bonds is 5. The van der Waals surface area contributed by atoms with E-state index in [0.29, 0.717) is 24.6 Å². The largest absolute Gasteiger partial charge is 0.457 e. The Hall–Kier alpha value is -2.44. The first-order chi connectivity index (χ1) is 10.7. The molecule has 0 radical (unpaired) electrons. The SMILES string of the molecule is [NH3+]Cc1cc(F)ccc1Oc1ccc2c(cnn2CCO)c1. The van der Waals surface area contributed by atoms with Crippen LogP contribution in [0.2, 0.25) is 0 Å². The number of quaternary nitrogens is 1. The fraction of sp³-hybridized carbons (Fsp3) is 0.188. The number of hydrogen-bond acceptors (Lipinski definition) is 3. The van der Waals surface area contributed by atoms with E-state index in [0.717, 1.165) is 16.5 Å². The molecule has 0 aliphatic rings. The van der Waals surface area contributed by atoms with Crippen LogP contribution in [0.15, 0.2) is 42.6 Å². The van der Waals surface area contributed by atoms with Crippen LogP contribution in [-0.2, 0) is 13.1 Å². The molecule has 0 unspecified atom stereocenters. The molecular weight excluding hydrogens is 285 g/mol. The van der Waals surface area contributed by atoms with Gasteiger partial charge >= 0.3 is 0 Å². The molecule has 3 rings (SSSR count). The van der Waals surface area contributed by atoms with Gasteiger partial charge in [0, 0.05) is 5.39 Å². The third-order valence-electron chi connectivity index (χ3n) is 3.44. The second-order valence-corrected chi connectivity index (χ2v) is 4.92. The lowest BCUT2D eigenvalue weighted by molar-refractivity contribution is -0.386. The first kappa shape index (κ1) is 14.5. The summed E-state index contributed by atoms with van der Waals surface area (Å²) >= 11 is 0. The Kier molecular flexibility index (Phi) is 4.04. The van der Waals surface area contributed by atoms with Gasteiger partial charge in [-0.05, 0) is 36.4 Å². The fourth-order valence-electron chi connectivity index (χ4n) is 2.37. The molecule has 5 nitrogen and oxygen atoms in total. The first-order valence-corrected chi connectivity index (χ1v) is 7.03. The van der Waals surface area contributed by atoms with Gasteiger partial charge in [-0.1, -0.05) is 0 Å². The molecule has 0 fully saturated rings. The topological polar surface area (TPSA) is 74.9 Å². The van der Waals surface area contributed by atoms with E-state index in [2.05, 4.69) is 10.8 Å². The molecule has 3 aromatic rings. The smallest absolute Gasteiger partial charge is 0.136 e. The molecule has 0 aliphatic heterocycles. The van der Waals surface area contributed by atoms with E-state index in [1.54, 1.807) is 16.9 Å². The summed E-state index contributed by atoms with van der Waals surface area (Å²) in [4.78, 5) is 0. The highest BCUT2D eigenvalue weighted by molar-refractivity contribution is 5.80. The maximum absolute atomic E-state index is 13.2. The number of aliphatic hydroxyl groups excluding tert-OH is 1. The predicted octanol–water partition coefficient (Wildman–Crippen LogP) is 1.70. The molecule has 0 aliphatic carbocycles. The first-order valence-electron chi connectivity index (χ1n) is 7.03. The minimum absolute atomic E-state index is 0.0392. The van der Waals surface area contributed by atoms with Crippen molar-refractivity contribution in [2.24, 2.45) is 0 Å². The normalized spacial score (nSPS) is 11.0. The third kappa shape index (κ3) is 2.79. The van der Waals surface area contributed by atoms with E-state index in [1.165, 1.54) is 12.1 Å². The Morgan fingerprint density at radius 3 is 2.86 bits per heavy atom. The number of ether oxygens (including phenoxy) is 1. The van der Waals surface area contributed by atoms with Gasteiger partial charge in [-0.3, -0.25) is 4.68 Å². The van der Waals surface area contributed by atoms with Crippen LogP contribution in [0.4, 0.5) is 4.39 Å². The number of benzene rings is 2. The zero-order valence-corrected chi connectivity index (χ0v) is 12.0. The minimum atomic E-state index is -0.299. The summed E-state index contributed by atoms with van der Waals surface area (Å²) in [5.41, 5.74) is 5.44. The van der Waals surface area contributed by atoms with E-state index in [1.807, 2.05) is 18.2 Å². The predicted molar refractivity (Wildman–Crippen MR) is 79.9 cm³/mol. The molecule has 0 saturated carbocycles. The van der Waals surface area contributed by atoms with Crippen molar-refractivity contribution in [2.45, 2.75) is 13.1 Å². The van der Waals surface area contributed by atoms with E-state index < -0.39 is 0 Å². The molecule has 4 N–H and O–H groups in total. The average molecular weight is 302 g/mol. The van der Waals surface area contributed by atoms with Gasteiger partial charge in [0.2, 0.25) is 0 Å². The zero-order chi connectivity index (χ0) is 15.5. The van der Waals surface area contributed by atoms with Crippen molar-refractivity contribution < 1.29 is 20.0 Å². The second-order valence-electron chi connectivity index (χ2n) is 4.92. The van der Waals surface area contributed by atoms with Crippen LogP contribution in [0, 0.1) is 5.82 Å². The minimum Gasteiger partial charge on any atom is -0.457 e. The summed E-state index contributed by atoms with van der Waals surface area (Å²) in [6.45, 7) is 0.939. The number of hydrogen-bond donors (Lipinski definition) is 2. The van der Waals surface area contributed by atoms with Gasteiger partial charge in [-0.15, -0.1) is 0 Å². The zero-order valence-electron chi connectivity index (χ0n) is 12.0. The molecule has 6 heteroatoms. The molecule has 0 atom stereocenters. The van der Waals surface area contributed by atoms with Crippen LogP contribution in [0.1, 0.15) is 5.56 Å². The summed E-state index contributed by atoms with van der Waals surface area (Å²) in [6.07, 6.45) is 1.73. The van der Waals surface area contributed by atoms with Crippen molar-refractivity contribution in [3.63, 3.8) is 0 Å². The van der Waals surface area contributed by atoms with Gasteiger partial charge < -0.3 is 15.6 Å². The molecular formula is C16H17FN3O2+. The Morgan fingerprint density at radius 1 is 1.23 bits per heavy atom. The number of aromatic nitrogens is 2. The van der Waals surface area contributed by atoms with Gasteiger partial charge in [0.25, 0.3) is 0 Å². The maximum atomic E-state index is 13.2. The van der Waals surface area contributed by atoms with Crippen molar-refractivity contribution in [1.82, 2.24) is 9.78 Å². The fourth-order valence-corrected chi connectivity index (χ4v) is 2.37. The molecule has 1 aromatic heterocycles. The lowest BCUT2D eigenvalue weighted by Gasteiger charge is -2.09. The van der Waals surface area contributed by atoms with Crippen LogP contribution < -0.4 is 10.5 Å². The monoisotopic (exact) mass is 302 g/mol. The highest BCUT2D eigenvalue weighted by Gasteiger charge is 2.09. The molecule has 2 aromatic carbocycles. The van der Waals surface area contributed by atoms with Crippen LogP contribution in [-0.4, -0.2) is 21.5 Å². The summed E-state index contributed by atoms with van der Waals surface area (Å²) in [5.74, 6) is 0.947. The van der Waals surface area contributed by atoms with Gasteiger partial charge in [-0.25, -0.2) is 4.39 Å². The van der Waals surface area contributed by atoms with Crippen LogP contribution in [0.3, 0.4) is 0 Å². The molecule has 0 bridgehead atoms. The standard InChI is InChI=1S/C16H16FN3O2/c17-13-1-4-16(11(7-13)9-18)22-14-2-3-15-12(8-14)10-19-20(15)5-6-21/h1-4,7-8,10,21H,5-6,9,18H2/p+1. The Balaban J connectivity index is 1.91. The summed E-state index contributed by atoms with van der Waals surface area (Å²) in [5, 5.41) is 14.1. The quantitative estimate of drug-likeness (QED) is 0.753. The van der Waals surface area contributed by atoms with Crippen molar-refractivity contribution in [3.05, 3.63) is 54.0 Å². The highest BCUT2D eigenvalue weighted by Crippen LogP contribution is 2.28. The van der Waals surface area contributed by atoms with Gasteiger partial charge in [0.1, 0.15) is 23.9 Å². The molecule has 0 saturated heterocycles. The Morgan fingerprint density at radius 2 is 2.09 bits per heavy atom. The van der Waals surface area contributed by atoms with Gasteiger partial charge in [0.05, 0.1) is 30.4 Å². The molecule has 114 valence electrons. The molecule has 1 heterocycles. The summed E-state index contributed by atoms with van der Waals surface area (Å²) in [7, 11) is 0. The number of halogens is 1. The Labute approximate surface area is 126 Å². The lowest BCUT2D eigenvalue weighted by atomic mass is 10.2. The highest BCUT2D eigenvalue weighted by atomic mass is 19.1. The third-order valence-corrected chi connectivity index (χ3v) is 3.44. The van der Waals surface area contributed by atoms with Crippen LogP contribution in [0.5, 0.6) is 11.5 Å². The molecule has 0 amide bonds. The lowest BCUT2D eigenvalue weighted by Crippen LogP contribution is -2.47. The average Bonchev–Trinajstić information content (AvgIpc) is 2.92. The number of nitrogens with zero attached hydrogens (tertiary/aromatic N) is 2. The van der Waals surface area contributed by atoms with Crippen molar-refractivity contribution >= 4 is 10.9 Å². The van der Waals surface area contributed by atoms with Crippen molar-refractivity contribution in [2.75, 3.05) is 6.61 Å². The molecule has 0 spiro atoms. The van der Waals surface area contributed by atoms with Crippen molar-refractivity contribution in [3.8, 4) is 11.5 Å². The van der Waals surface area contributed by atoms with Gasteiger partial charge in [0.15, 0.2) is 0 Å². The van der Waals surface area contributed by atoms with Crippen LogP contribution in [0.25, 0.3) is 10.9 Å². The number of fused-ring (bicyclic) bond motifs is 1. The van der Waals surface area contributed by atoms with Crippen LogP contribution >= 0.6 is 0 Å². The van der Waals surface area contributed by atoms with Crippen molar-refractivity contribution in [1.29, 1.82) is 0 Å². The van der Waals surface area contributed by atoms with E-state index in [9.17, 15) is 4.39 Å².